The van der Waals surface area contributed by atoms with Crippen LogP contribution in [-0.4, -0.2) is 29.9 Å². The van der Waals surface area contributed by atoms with E-state index in [0.29, 0.717) is 0 Å². The molecule has 0 radical (unpaired) electrons. The second kappa shape index (κ2) is 7.40. The summed E-state index contributed by atoms with van der Waals surface area (Å²) < 4.78 is 0. The van der Waals surface area contributed by atoms with Crippen LogP contribution in [0.25, 0.3) is 50.3 Å². The Bertz CT molecular complexity index is 1310. The lowest BCUT2D eigenvalue weighted by Gasteiger charge is -1.93. The Balaban J connectivity index is 1.30. The molecule has 0 spiro atoms. The predicted molar refractivity (Wildman–Crippen MR) is 124 cm³/mol. The van der Waals surface area contributed by atoms with Crippen molar-refractivity contribution >= 4 is 55.0 Å². The molecule has 6 nitrogen and oxygen atoms in total. The van der Waals surface area contributed by atoms with E-state index in [-0.39, 0.29) is 0 Å². The van der Waals surface area contributed by atoms with E-state index in [1.807, 2.05) is 24.8 Å². The van der Waals surface area contributed by atoms with Gasteiger partial charge in [0.2, 0.25) is 0 Å². The number of hydrogen-bond donors (Lipinski definition) is 0. The molecule has 0 bridgehead atoms. The van der Waals surface area contributed by atoms with Crippen LogP contribution in [0.1, 0.15) is 0 Å². The predicted octanol–water partition coefficient (Wildman–Crippen LogP) is 6.12. The third-order valence-electron chi connectivity index (χ3n) is 4.30. The van der Waals surface area contributed by atoms with Crippen molar-refractivity contribution in [2.24, 2.45) is 0 Å². The van der Waals surface area contributed by atoms with E-state index in [9.17, 15) is 0 Å². The number of fused-ring (bicyclic) bond motifs is 1. The fourth-order valence-corrected chi connectivity index (χ4v) is 7.03. The largest absolute Gasteiger partial charge is 0.244 e. The quantitative estimate of drug-likeness (QED) is 0.314. The standard InChI is InChI=1S/C20H10N6S4/c1-3-15(27-13(1)11-5-21-9-22-6-11)17-25-19-20(29-17)26-18(30-19)16-4-2-14(28-16)12-7-23-10-24-8-12/h1-10H. The summed E-state index contributed by atoms with van der Waals surface area (Å²) >= 11 is 6.65. The number of aromatic nitrogens is 6. The molecule has 30 heavy (non-hydrogen) atoms. The average Bonchev–Trinajstić information content (AvgIpc) is 3.57. The fourth-order valence-electron chi connectivity index (χ4n) is 2.92. The highest BCUT2D eigenvalue weighted by Gasteiger charge is 2.16. The molecule has 6 rings (SSSR count). The lowest BCUT2D eigenvalue weighted by Crippen LogP contribution is -1.77. The summed E-state index contributed by atoms with van der Waals surface area (Å²) in [5.41, 5.74) is 2.04. The highest BCUT2D eigenvalue weighted by Crippen LogP contribution is 2.42. The topological polar surface area (TPSA) is 77.3 Å². The van der Waals surface area contributed by atoms with Crippen molar-refractivity contribution < 1.29 is 0 Å². The van der Waals surface area contributed by atoms with Crippen molar-refractivity contribution in [3.8, 4) is 40.7 Å². The van der Waals surface area contributed by atoms with Crippen molar-refractivity contribution in [3.63, 3.8) is 0 Å². The number of nitrogens with zero attached hydrogens (tertiary/aromatic N) is 6. The summed E-state index contributed by atoms with van der Waals surface area (Å²) in [5, 5.41) is 1.99. The monoisotopic (exact) mass is 462 g/mol. The average molecular weight is 463 g/mol. The van der Waals surface area contributed by atoms with Crippen LogP contribution in [0.5, 0.6) is 0 Å². The van der Waals surface area contributed by atoms with Gasteiger partial charge < -0.3 is 0 Å². The van der Waals surface area contributed by atoms with Gasteiger partial charge in [-0.1, -0.05) is 22.7 Å². The van der Waals surface area contributed by atoms with E-state index in [0.717, 1.165) is 50.3 Å². The molecule has 0 aliphatic rings. The summed E-state index contributed by atoms with van der Waals surface area (Å²) in [6.45, 7) is 0. The smallest absolute Gasteiger partial charge is 0.155 e. The maximum atomic E-state index is 4.84. The minimum Gasteiger partial charge on any atom is -0.244 e. The van der Waals surface area contributed by atoms with Crippen molar-refractivity contribution in [2.75, 3.05) is 0 Å². The SMILES string of the molecule is c1ncc(-c2ccc(-c3nc4sc(-c5ccc(-c6cncnc6)s5)nc4s3)s2)cn1. The molecule has 0 aliphatic heterocycles. The van der Waals surface area contributed by atoms with Gasteiger partial charge in [-0.3, -0.25) is 0 Å². The van der Waals surface area contributed by atoms with Gasteiger partial charge in [0.15, 0.2) is 9.66 Å². The molecular formula is C20H10N6S4. The van der Waals surface area contributed by atoms with Crippen LogP contribution >= 0.6 is 45.3 Å². The highest BCUT2D eigenvalue weighted by atomic mass is 32.1. The van der Waals surface area contributed by atoms with Gasteiger partial charge in [0.05, 0.1) is 9.75 Å². The Hall–Kier alpha value is -2.92. The Morgan fingerprint density at radius 3 is 1.30 bits per heavy atom. The third-order valence-corrected chi connectivity index (χ3v) is 8.93. The highest BCUT2D eigenvalue weighted by molar-refractivity contribution is 7.32. The van der Waals surface area contributed by atoms with Crippen molar-refractivity contribution in [3.05, 3.63) is 61.7 Å². The first-order valence-electron chi connectivity index (χ1n) is 8.82. The second-order valence-electron chi connectivity index (χ2n) is 6.23. The molecule has 6 aromatic rings. The van der Waals surface area contributed by atoms with Gasteiger partial charge in [-0.05, 0) is 24.3 Å². The van der Waals surface area contributed by atoms with Gasteiger partial charge in [-0.15, -0.1) is 22.7 Å². The maximum Gasteiger partial charge on any atom is 0.155 e. The van der Waals surface area contributed by atoms with Crippen LogP contribution in [0.2, 0.25) is 0 Å². The summed E-state index contributed by atoms with van der Waals surface area (Å²) in [7, 11) is 0. The molecule has 0 unspecified atom stereocenters. The molecule has 0 amide bonds. The van der Waals surface area contributed by atoms with Crippen molar-refractivity contribution in [1.29, 1.82) is 0 Å². The van der Waals surface area contributed by atoms with Crippen molar-refractivity contribution in [1.82, 2.24) is 29.9 Å². The van der Waals surface area contributed by atoms with Gasteiger partial charge in [0.25, 0.3) is 0 Å². The van der Waals surface area contributed by atoms with Crippen LogP contribution in [0.3, 0.4) is 0 Å². The van der Waals surface area contributed by atoms with Crippen LogP contribution in [-0.2, 0) is 0 Å². The molecule has 0 atom stereocenters. The van der Waals surface area contributed by atoms with Crippen LogP contribution in [0.15, 0.2) is 61.7 Å². The van der Waals surface area contributed by atoms with Gasteiger partial charge in [-0.2, -0.15) is 0 Å². The van der Waals surface area contributed by atoms with Gasteiger partial charge in [0, 0.05) is 45.7 Å². The molecule has 0 fully saturated rings. The first-order valence-corrected chi connectivity index (χ1v) is 12.1. The third kappa shape index (κ3) is 3.23. The summed E-state index contributed by atoms with van der Waals surface area (Å²) in [4.78, 5) is 32.5. The normalized spacial score (nSPS) is 11.3. The van der Waals surface area contributed by atoms with E-state index in [2.05, 4.69) is 44.2 Å². The van der Waals surface area contributed by atoms with Crippen LogP contribution < -0.4 is 0 Å². The van der Waals surface area contributed by atoms with E-state index in [4.69, 9.17) is 9.97 Å². The number of hydrogen-bond acceptors (Lipinski definition) is 10. The molecule has 6 aromatic heterocycles. The molecule has 10 heteroatoms. The summed E-state index contributed by atoms with van der Waals surface area (Å²) in [6.07, 6.45) is 10.4. The van der Waals surface area contributed by atoms with Crippen molar-refractivity contribution in [2.45, 2.75) is 0 Å². The molecule has 0 N–H and O–H groups in total. The molecular weight excluding hydrogens is 453 g/mol. The number of thiophene rings is 2. The fraction of sp³-hybridized carbons (Fsp3) is 0. The Labute approximate surface area is 186 Å². The number of rotatable bonds is 4. The van der Waals surface area contributed by atoms with E-state index in [1.54, 1.807) is 58.0 Å². The Morgan fingerprint density at radius 2 is 0.867 bits per heavy atom. The van der Waals surface area contributed by atoms with Crippen LogP contribution in [0.4, 0.5) is 0 Å². The molecule has 0 saturated heterocycles. The van der Waals surface area contributed by atoms with Gasteiger partial charge in [0.1, 0.15) is 22.7 Å². The van der Waals surface area contributed by atoms with Gasteiger partial charge in [-0.25, -0.2) is 29.9 Å². The minimum atomic E-state index is 0.973. The van der Waals surface area contributed by atoms with E-state index < -0.39 is 0 Å². The van der Waals surface area contributed by atoms with Crippen LogP contribution in [0, 0.1) is 0 Å². The molecule has 0 saturated carbocycles. The van der Waals surface area contributed by atoms with E-state index in [1.165, 1.54) is 0 Å². The first kappa shape index (κ1) is 17.9. The second-order valence-corrected chi connectivity index (χ2v) is 10.4. The zero-order chi connectivity index (χ0) is 19.9. The maximum absolute atomic E-state index is 4.84. The summed E-state index contributed by atoms with van der Waals surface area (Å²) in [6, 6.07) is 8.38. The Morgan fingerprint density at radius 1 is 0.467 bits per heavy atom. The zero-order valence-corrected chi connectivity index (χ0v) is 18.4. The number of thiazole rings is 2. The van der Waals surface area contributed by atoms with Gasteiger partial charge >= 0.3 is 0 Å². The zero-order valence-electron chi connectivity index (χ0n) is 15.1. The molecule has 144 valence electrons. The molecule has 0 aromatic carbocycles. The Kier molecular flexibility index (Phi) is 4.42. The minimum absolute atomic E-state index is 0.973. The summed E-state index contributed by atoms with van der Waals surface area (Å²) in [5.74, 6) is 0. The lowest BCUT2D eigenvalue weighted by atomic mass is 10.3. The molecule has 0 aliphatic carbocycles. The first-order chi connectivity index (χ1) is 14.8. The molecule has 6 heterocycles. The van der Waals surface area contributed by atoms with E-state index >= 15 is 0 Å². The lowest BCUT2D eigenvalue weighted by molar-refractivity contribution is 1.17.